The van der Waals surface area contributed by atoms with E-state index in [-0.39, 0.29) is 5.60 Å². The number of phenolic OH excluding ortho intramolecular Hbond substituents is 1. The van der Waals surface area contributed by atoms with E-state index in [1.807, 2.05) is 19.9 Å². The first kappa shape index (κ1) is 28.8. The molecule has 0 bridgehead atoms. The average molecular weight is 471 g/mol. The van der Waals surface area contributed by atoms with Crippen LogP contribution in [0.5, 0.6) is 11.5 Å². The van der Waals surface area contributed by atoms with Crippen molar-refractivity contribution in [1.29, 1.82) is 0 Å². The molecule has 0 amide bonds. The topological polar surface area (TPSA) is 29.5 Å². The quantitative estimate of drug-likeness (QED) is 0.274. The van der Waals surface area contributed by atoms with Crippen LogP contribution in [0.3, 0.4) is 0 Å². The highest BCUT2D eigenvalue weighted by Gasteiger charge is 2.34. The normalized spacial score (nSPS) is 19.9. The number of hydrogen-bond donors (Lipinski definition) is 1. The van der Waals surface area contributed by atoms with Crippen LogP contribution in [0.15, 0.2) is 12.2 Å². The van der Waals surface area contributed by atoms with E-state index in [1.54, 1.807) is 0 Å². The van der Waals surface area contributed by atoms with E-state index in [9.17, 15) is 5.11 Å². The van der Waals surface area contributed by atoms with Gasteiger partial charge in [-0.2, -0.15) is 0 Å². The van der Waals surface area contributed by atoms with Gasteiger partial charge in [0.05, 0.1) is 0 Å². The highest BCUT2D eigenvalue weighted by molar-refractivity contribution is 5.59. The Morgan fingerprint density at radius 3 is 2.09 bits per heavy atom. The monoisotopic (exact) mass is 470 g/mol. The fourth-order valence-electron chi connectivity index (χ4n) is 5.67. The molecule has 1 aromatic carbocycles. The number of hydrogen-bond acceptors (Lipinski definition) is 2. The van der Waals surface area contributed by atoms with Gasteiger partial charge in [-0.15, -0.1) is 0 Å². The molecule has 2 heteroatoms. The fourth-order valence-corrected chi connectivity index (χ4v) is 5.67. The van der Waals surface area contributed by atoms with Crippen molar-refractivity contribution in [2.24, 2.45) is 17.8 Å². The van der Waals surface area contributed by atoms with E-state index >= 15 is 0 Å². The van der Waals surface area contributed by atoms with Gasteiger partial charge in [0.15, 0.2) is 0 Å². The lowest BCUT2D eigenvalue weighted by molar-refractivity contribution is 0.0511. The Bertz CT molecular complexity index is 791. The van der Waals surface area contributed by atoms with Crippen LogP contribution < -0.4 is 4.74 Å². The van der Waals surface area contributed by atoms with Gasteiger partial charge in [-0.25, -0.2) is 0 Å². The van der Waals surface area contributed by atoms with Gasteiger partial charge in [0.1, 0.15) is 17.1 Å². The van der Waals surface area contributed by atoms with Crippen LogP contribution in [0.1, 0.15) is 128 Å². The Morgan fingerprint density at radius 1 is 0.912 bits per heavy atom. The molecule has 1 aliphatic rings. The zero-order valence-corrected chi connectivity index (χ0v) is 23.7. The van der Waals surface area contributed by atoms with Crippen molar-refractivity contribution in [3.05, 3.63) is 34.4 Å². The average Bonchev–Trinajstić information content (AvgIpc) is 2.77. The first-order valence-electron chi connectivity index (χ1n) is 14.2. The number of ether oxygens (including phenoxy) is 1. The van der Waals surface area contributed by atoms with E-state index in [0.29, 0.717) is 5.75 Å². The van der Waals surface area contributed by atoms with Crippen molar-refractivity contribution in [3.8, 4) is 11.5 Å². The number of phenols is 1. The molecule has 1 heterocycles. The van der Waals surface area contributed by atoms with Crippen molar-refractivity contribution in [1.82, 2.24) is 0 Å². The van der Waals surface area contributed by atoms with Gasteiger partial charge in [-0.1, -0.05) is 84.8 Å². The maximum absolute atomic E-state index is 10.8. The number of aromatic hydroxyl groups is 1. The zero-order valence-electron chi connectivity index (χ0n) is 23.7. The second-order valence-corrected chi connectivity index (χ2v) is 12.1. The third-order valence-corrected chi connectivity index (χ3v) is 8.25. The van der Waals surface area contributed by atoms with Crippen molar-refractivity contribution in [3.63, 3.8) is 0 Å². The molecule has 0 saturated heterocycles. The summed E-state index contributed by atoms with van der Waals surface area (Å²) in [6, 6.07) is 0. The number of allylic oxidation sites excluding steroid dienone is 2. The Hall–Kier alpha value is -1.44. The minimum absolute atomic E-state index is 0.0936. The molecule has 194 valence electrons. The van der Waals surface area contributed by atoms with Gasteiger partial charge in [-0.3, -0.25) is 0 Å². The van der Waals surface area contributed by atoms with Gasteiger partial charge in [0.25, 0.3) is 0 Å². The minimum Gasteiger partial charge on any atom is -0.507 e. The lowest BCUT2D eigenvalue weighted by Crippen LogP contribution is -2.37. The Kier molecular flexibility index (Phi) is 11.5. The summed E-state index contributed by atoms with van der Waals surface area (Å²) in [6.07, 6.45) is 18.9. The van der Waals surface area contributed by atoms with Gasteiger partial charge in [0, 0.05) is 11.1 Å². The molecule has 2 rings (SSSR count). The molecule has 1 aliphatic heterocycles. The SMILES string of the molecule is CC=CCc1c(C)c2c(c(C)c1O)CCC(C)(CCCC(C)CCCC(C)CCCC(C)C)O2. The van der Waals surface area contributed by atoms with Gasteiger partial charge in [0.2, 0.25) is 0 Å². The van der Waals surface area contributed by atoms with Gasteiger partial charge in [-0.05, 0) is 88.7 Å². The lowest BCUT2D eigenvalue weighted by Gasteiger charge is -2.38. The molecule has 3 atom stereocenters. The standard InChI is InChI=1S/C32H54O2/c1-9-10-19-28-27(7)31-29(26(6)30(28)33)20-22-32(8,34-31)21-13-18-25(5)17-12-16-24(4)15-11-14-23(2)3/h9-10,23-25,33H,11-22H2,1-8H3. The summed E-state index contributed by atoms with van der Waals surface area (Å²) in [7, 11) is 0. The summed E-state index contributed by atoms with van der Waals surface area (Å²) in [6.45, 7) is 18.0. The first-order valence-corrected chi connectivity index (χ1v) is 14.2. The van der Waals surface area contributed by atoms with Crippen LogP contribution in [0, 0.1) is 31.6 Å². The third kappa shape index (κ3) is 8.35. The van der Waals surface area contributed by atoms with E-state index in [1.165, 1.54) is 56.9 Å². The maximum atomic E-state index is 10.8. The molecule has 1 N–H and O–H groups in total. The molecule has 2 nitrogen and oxygen atoms in total. The number of fused-ring (bicyclic) bond motifs is 1. The number of benzene rings is 1. The summed E-state index contributed by atoms with van der Waals surface area (Å²) in [5.41, 5.74) is 4.27. The molecule has 0 spiro atoms. The van der Waals surface area contributed by atoms with E-state index in [4.69, 9.17) is 4.74 Å². The Balaban J connectivity index is 1.83. The van der Waals surface area contributed by atoms with E-state index < -0.39 is 0 Å². The molecule has 0 saturated carbocycles. The molecular weight excluding hydrogens is 416 g/mol. The van der Waals surface area contributed by atoms with Crippen LogP contribution in [-0.2, 0) is 12.8 Å². The van der Waals surface area contributed by atoms with Gasteiger partial charge >= 0.3 is 0 Å². The summed E-state index contributed by atoms with van der Waals surface area (Å²) in [5, 5.41) is 10.8. The maximum Gasteiger partial charge on any atom is 0.127 e. The molecule has 34 heavy (non-hydrogen) atoms. The predicted molar refractivity (Wildman–Crippen MR) is 148 cm³/mol. The molecule has 0 aromatic heterocycles. The molecule has 3 unspecified atom stereocenters. The van der Waals surface area contributed by atoms with Gasteiger partial charge < -0.3 is 9.84 Å². The lowest BCUT2D eigenvalue weighted by atomic mass is 9.83. The molecular formula is C32H54O2. The van der Waals surface area contributed by atoms with E-state index in [0.717, 1.165) is 65.9 Å². The summed E-state index contributed by atoms with van der Waals surface area (Å²) in [4.78, 5) is 0. The second kappa shape index (κ2) is 13.6. The zero-order chi connectivity index (χ0) is 25.3. The van der Waals surface area contributed by atoms with Crippen molar-refractivity contribution >= 4 is 0 Å². The Labute approximate surface area is 211 Å². The van der Waals surface area contributed by atoms with Crippen molar-refractivity contribution in [2.75, 3.05) is 0 Å². The summed E-state index contributed by atoms with van der Waals surface area (Å²) in [5.74, 6) is 4.03. The van der Waals surface area contributed by atoms with Crippen LogP contribution in [0.25, 0.3) is 0 Å². The van der Waals surface area contributed by atoms with Crippen molar-refractivity contribution in [2.45, 2.75) is 138 Å². The minimum atomic E-state index is -0.0936. The van der Waals surface area contributed by atoms with Crippen LogP contribution in [0.2, 0.25) is 0 Å². The molecule has 1 aromatic rings. The van der Waals surface area contributed by atoms with Crippen molar-refractivity contribution < 1.29 is 9.84 Å². The molecule has 0 aliphatic carbocycles. The Morgan fingerprint density at radius 2 is 1.50 bits per heavy atom. The summed E-state index contributed by atoms with van der Waals surface area (Å²) < 4.78 is 6.72. The van der Waals surface area contributed by atoms with E-state index in [2.05, 4.69) is 47.6 Å². The first-order chi connectivity index (χ1) is 16.1. The fraction of sp³-hybridized carbons (Fsp3) is 0.750. The van der Waals surface area contributed by atoms with Crippen LogP contribution in [-0.4, -0.2) is 10.7 Å². The number of rotatable bonds is 14. The third-order valence-electron chi connectivity index (χ3n) is 8.25. The second-order valence-electron chi connectivity index (χ2n) is 12.1. The highest BCUT2D eigenvalue weighted by Crippen LogP contribution is 2.45. The highest BCUT2D eigenvalue weighted by atomic mass is 16.5. The molecule has 0 radical (unpaired) electrons. The smallest absolute Gasteiger partial charge is 0.127 e. The largest absolute Gasteiger partial charge is 0.507 e. The summed E-state index contributed by atoms with van der Waals surface area (Å²) >= 11 is 0. The predicted octanol–water partition coefficient (Wildman–Crippen LogP) is 9.65. The van der Waals surface area contributed by atoms with Crippen LogP contribution >= 0.6 is 0 Å². The van der Waals surface area contributed by atoms with Crippen LogP contribution in [0.4, 0.5) is 0 Å². The molecule has 0 fully saturated rings.